The Morgan fingerprint density at radius 3 is 0.924 bits per heavy atom. The second-order valence-electron chi connectivity index (χ2n) is 24.2. The molecule has 0 saturated heterocycles. The number of para-hydroxylation sites is 6. The predicted octanol–water partition coefficient (Wildman–Crippen LogP) is 25.3. The molecule has 438 valence electrons. The van der Waals surface area contributed by atoms with Crippen molar-refractivity contribution in [3.05, 3.63) is 338 Å². The van der Waals surface area contributed by atoms with E-state index in [1.165, 1.54) is 33.4 Å². The van der Waals surface area contributed by atoms with Gasteiger partial charge in [-0.2, -0.15) is 0 Å². The van der Waals surface area contributed by atoms with Crippen LogP contribution in [0.2, 0.25) is 0 Å². The summed E-state index contributed by atoms with van der Waals surface area (Å²) in [5.41, 5.74) is 30.7. The average molecular weight is 1180 g/mol. The van der Waals surface area contributed by atoms with E-state index in [9.17, 15) is 0 Å². The van der Waals surface area contributed by atoms with Gasteiger partial charge in [0.1, 0.15) is 22.3 Å². The molecule has 0 radical (unpaired) electrons. The van der Waals surface area contributed by atoms with Crippen molar-refractivity contribution < 1.29 is 8.83 Å². The fourth-order valence-corrected chi connectivity index (χ4v) is 13.8. The van der Waals surface area contributed by atoms with Gasteiger partial charge >= 0.3 is 0 Å². The third-order valence-corrected chi connectivity index (χ3v) is 18.4. The van der Waals surface area contributed by atoms with Crippen LogP contribution in [-0.2, 0) is 0 Å². The molecule has 0 bridgehead atoms. The summed E-state index contributed by atoms with van der Waals surface area (Å²) in [4.78, 5) is 4.92. The monoisotopic (exact) mass is 1180 g/mol. The van der Waals surface area contributed by atoms with E-state index in [-0.39, 0.29) is 0 Å². The lowest BCUT2D eigenvalue weighted by Crippen LogP contribution is -2.14. The Morgan fingerprint density at radius 2 is 0.522 bits per heavy atom. The average Bonchev–Trinajstić information content (AvgIpc) is 1.58. The van der Waals surface area contributed by atoms with Crippen LogP contribution in [0.25, 0.3) is 122 Å². The van der Waals surface area contributed by atoms with Crippen LogP contribution in [0.15, 0.2) is 324 Å². The minimum Gasteiger partial charge on any atom is -0.455 e. The van der Waals surface area contributed by atoms with Gasteiger partial charge in [-0.25, -0.2) is 0 Å². The van der Waals surface area contributed by atoms with Crippen molar-refractivity contribution in [1.29, 1.82) is 0 Å². The Hall–Kier alpha value is -11.7. The highest BCUT2D eigenvalue weighted by Gasteiger charge is 2.25. The van der Waals surface area contributed by atoms with Gasteiger partial charge in [0.2, 0.25) is 0 Å². The number of fused-ring (bicyclic) bond motifs is 6. The highest BCUT2D eigenvalue weighted by Crippen LogP contribution is 2.49. The van der Waals surface area contributed by atoms with Gasteiger partial charge in [0.05, 0.1) is 11.4 Å². The molecule has 2 heterocycles. The molecular formula is C88H64N2O2. The molecule has 4 heteroatoms. The van der Waals surface area contributed by atoms with E-state index in [0.29, 0.717) is 0 Å². The molecule has 4 nitrogen and oxygen atoms in total. The Labute approximate surface area is 536 Å². The van der Waals surface area contributed by atoms with Crippen LogP contribution in [0.3, 0.4) is 0 Å². The Morgan fingerprint density at radius 1 is 0.217 bits per heavy atom. The lowest BCUT2D eigenvalue weighted by Gasteiger charge is -2.31. The first-order valence-corrected chi connectivity index (χ1v) is 31.6. The highest BCUT2D eigenvalue weighted by atomic mass is 16.3. The van der Waals surface area contributed by atoms with Crippen LogP contribution >= 0.6 is 0 Å². The van der Waals surface area contributed by atoms with E-state index < -0.39 is 0 Å². The largest absolute Gasteiger partial charge is 0.455 e. The zero-order valence-electron chi connectivity index (χ0n) is 51.7. The molecule has 0 atom stereocenters. The molecule has 0 amide bonds. The molecule has 0 spiro atoms. The van der Waals surface area contributed by atoms with E-state index in [4.69, 9.17) is 8.83 Å². The predicted molar refractivity (Wildman–Crippen MR) is 387 cm³/mol. The maximum absolute atomic E-state index is 6.56. The van der Waals surface area contributed by atoms with Crippen molar-refractivity contribution in [2.24, 2.45) is 0 Å². The summed E-state index contributed by atoms with van der Waals surface area (Å²) in [5.74, 6) is 0. The number of hydrogen-bond acceptors (Lipinski definition) is 4. The highest BCUT2D eigenvalue weighted by molar-refractivity contribution is 6.11. The summed E-state index contributed by atoms with van der Waals surface area (Å²) in [6.07, 6.45) is 0. The molecule has 0 aliphatic carbocycles. The number of rotatable bonds is 13. The van der Waals surface area contributed by atoms with Gasteiger partial charge in [-0.3, -0.25) is 0 Å². The van der Waals surface area contributed by atoms with Gasteiger partial charge in [-0.05, 0) is 166 Å². The smallest absolute Gasteiger partial charge is 0.143 e. The summed E-state index contributed by atoms with van der Waals surface area (Å²) in [6, 6.07) is 114. The van der Waals surface area contributed by atoms with Crippen LogP contribution in [0.5, 0.6) is 0 Å². The quantitative estimate of drug-likeness (QED) is 0.115. The van der Waals surface area contributed by atoms with E-state index >= 15 is 0 Å². The number of furan rings is 2. The normalized spacial score (nSPS) is 11.5. The molecule has 16 rings (SSSR count). The van der Waals surface area contributed by atoms with Crippen molar-refractivity contribution in [2.45, 2.75) is 27.7 Å². The molecule has 14 aromatic carbocycles. The number of hydrogen-bond donors (Lipinski definition) is 0. The van der Waals surface area contributed by atoms with Gasteiger partial charge in [0, 0.05) is 66.5 Å². The second-order valence-corrected chi connectivity index (χ2v) is 24.2. The summed E-state index contributed by atoms with van der Waals surface area (Å²) in [5, 5.41) is 4.48. The molecule has 92 heavy (non-hydrogen) atoms. The maximum Gasteiger partial charge on any atom is 0.143 e. The van der Waals surface area contributed by atoms with Gasteiger partial charge in [0.25, 0.3) is 0 Å². The number of aryl methyl sites for hydroxylation is 4. The molecular weight excluding hydrogens is 1120 g/mol. The summed E-state index contributed by atoms with van der Waals surface area (Å²) >= 11 is 0. The number of benzene rings is 14. The van der Waals surface area contributed by atoms with E-state index in [1.54, 1.807) is 0 Å². The Kier molecular flexibility index (Phi) is 14.1. The van der Waals surface area contributed by atoms with Crippen LogP contribution in [0.1, 0.15) is 22.3 Å². The van der Waals surface area contributed by atoms with Crippen molar-refractivity contribution >= 4 is 78.0 Å². The van der Waals surface area contributed by atoms with Gasteiger partial charge in [0.15, 0.2) is 0 Å². The lowest BCUT2D eigenvalue weighted by atomic mass is 9.94. The Balaban J connectivity index is 0.796. The van der Waals surface area contributed by atoms with Gasteiger partial charge < -0.3 is 18.6 Å². The van der Waals surface area contributed by atoms with Crippen LogP contribution in [0.4, 0.5) is 34.1 Å². The molecule has 0 aliphatic rings. The topological polar surface area (TPSA) is 32.8 Å². The zero-order valence-corrected chi connectivity index (χ0v) is 51.7. The van der Waals surface area contributed by atoms with Crippen LogP contribution in [-0.4, -0.2) is 0 Å². The van der Waals surface area contributed by atoms with Crippen molar-refractivity contribution in [1.82, 2.24) is 0 Å². The van der Waals surface area contributed by atoms with Gasteiger partial charge in [-0.15, -0.1) is 0 Å². The molecule has 0 saturated carbocycles. The first-order valence-electron chi connectivity index (χ1n) is 31.6. The van der Waals surface area contributed by atoms with Gasteiger partial charge in [-0.1, -0.05) is 255 Å². The minimum absolute atomic E-state index is 0.891. The molecule has 2 aromatic heterocycles. The first kappa shape index (κ1) is 55.6. The van der Waals surface area contributed by atoms with Crippen molar-refractivity contribution in [2.75, 3.05) is 9.80 Å². The molecule has 0 unspecified atom stereocenters. The van der Waals surface area contributed by atoms with Crippen LogP contribution in [0, 0.1) is 27.7 Å². The van der Waals surface area contributed by atoms with Crippen LogP contribution < -0.4 is 9.80 Å². The second kappa shape index (κ2) is 23.3. The first-order chi connectivity index (χ1) is 45.3. The fraction of sp³-hybridized carbons (Fsp3) is 0.0455. The van der Waals surface area contributed by atoms with E-state index in [1.807, 2.05) is 12.1 Å². The minimum atomic E-state index is 0.891. The molecule has 0 aliphatic heterocycles. The number of anilines is 6. The SMILES string of the molecule is Cc1cc(-c2ccc(N(c3ccc(-c4cccc5c4oc4ccccc45)cc3)c3c(C)cccc3-c3ccc(-c4ccccc4)cc3)c(C)c2)ccc1N(c1ccc(-c2cccc3c2oc2ccccc23)cc1)c1c(C)cccc1-c1ccc(-c2ccccc2)cc1. The lowest BCUT2D eigenvalue weighted by molar-refractivity contribution is 0.669. The number of nitrogens with zero attached hydrogens (tertiary/aromatic N) is 2. The molecule has 16 aromatic rings. The van der Waals surface area contributed by atoms with E-state index in [2.05, 4.69) is 341 Å². The van der Waals surface area contributed by atoms with Crippen molar-refractivity contribution in [3.8, 4) is 77.9 Å². The van der Waals surface area contributed by atoms with Crippen molar-refractivity contribution in [3.63, 3.8) is 0 Å². The van der Waals surface area contributed by atoms with E-state index in [0.717, 1.165) is 145 Å². The maximum atomic E-state index is 6.56. The third kappa shape index (κ3) is 9.99. The summed E-state index contributed by atoms with van der Waals surface area (Å²) in [6.45, 7) is 8.97. The Bertz CT molecular complexity index is 5070. The summed E-state index contributed by atoms with van der Waals surface area (Å²) in [7, 11) is 0. The summed E-state index contributed by atoms with van der Waals surface area (Å²) < 4.78 is 13.1. The molecule has 0 N–H and O–H groups in total. The fourth-order valence-electron chi connectivity index (χ4n) is 13.8. The molecule has 0 fully saturated rings. The third-order valence-electron chi connectivity index (χ3n) is 18.4. The zero-order chi connectivity index (χ0) is 61.8. The standard InChI is InChI=1S/C88H64N2O2/c1-57-19-15-27-73(65-39-35-63(36-40-65)61-21-7-5-8-22-61)85(57)89(71-49-43-67(44-50-71)75-29-17-31-79-77-25-11-13-33-83(77)91-87(75)79)81-53-47-69(55-59(81)3)70-48-54-82(60(4)56-70)90(86-58(2)20-16-28-74(86)66-41-37-64(38-42-66)62-23-9-6-10-24-62)72-51-45-68(46-52-72)76-30-18-32-80-78-26-12-14-34-84(78)92-88(76)80/h5-56H,1-4H3.